The molecular formula is C57H70Cl2N10O15. The second kappa shape index (κ2) is 28.0. The third-order valence-electron chi connectivity index (χ3n) is 15.4. The summed E-state index contributed by atoms with van der Waals surface area (Å²) in [7, 11) is 1.52. The number of rotatable bonds is 19. The number of aliphatic carboxylic acids is 4. The number of likely N-dealkylation sites (tertiary alicyclic amines) is 1. The maximum absolute atomic E-state index is 14.5. The number of carbonyl (C=O) groups excluding carboxylic acids is 4. The van der Waals surface area contributed by atoms with Crippen LogP contribution in [0.1, 0.15) is 55.6 Å². The Kier molecular flexibility index (Phi) is 20.9. The quantitative estimate of drug-likeness (QED) is 0.0893. The number of halogens is 2. The Labute approximate surface area is 495 Å². The van der Waals surface area contributed by atoms with Gasteiger partial charge in [0.25, 0.3) is 5.91 Å². The highest BCUT2D eigenvalue weighted by atomic mass is 35.5. The number of carbonyl (C=O) groups is 8. The predicted molar refractivity (Wildman–Crippen MR) is 307 cm³/mol. The van der Waals surface area contributed by atoms with Crippen LogP contribution in [0.4, 0.5) is 5.69 Å². The molecule has 0 unspecified atom stereocenters. The molecule has 5 N–H and O–H groups in total. The second-order valence-corrected chi connectivity index (χ2v) is 22.7. The van der Waals surface area contributed by atoms with Gasteiger partial charge in [-0.3, -0.25) is 58.0 Å². The lowest BCUT2D eigenvalue weighted by Gasteiger charge is -2.41. The largest absolute Gasteiger partial charge is 0.496 e. The molecule has 4 aliphatic rings. The summed E-state index contributed by atoms with van der Waals surface area (Å²) in [4.78, 5) is 114. The lowest BCUT2D eigenvalue weighted by Crippen LogP contribution is -2.55. The lowest BCUT2D eigenvalue weighted by molar-refractivity contribution is -0.148. The summed E-state index contributed by atoms with van der Waals surface area (Å²) < 4.78 is 19.6. The summed E-state index contributed by atoms with van der Waals surface area (Å²) in [5.74, 6) is -5.14. The molecule has 3 aromatic carbocycles. The summed E-state index contributed by atoms with van der Waals surface area (Å²) in [6, 6.07) is 15.0. The first-order chi connectivity index (χ1) is 40.0. The van der Waals surface area contributed by atoms with Crippen LogP contribution in [0.2, 0.25) is 10.0 Å². The number of ether oxygens (including phenoxy) is 3. The Hall–Kier alpha value is -7.39. The van der Waals surface area contributed by atoms with Crippen LogP contribution >= 0.6 is 23.2 Å². The number of amides is 4. The Bertz CT molecular complexity index is 3080. The van der Waals surface area contributed by atoms with E-state index < -0.39 is 53.8 Å². The lowest BCUT2D eigenvalue weighted by atomic mass is 9.95. The molecule has 4 aromatic rings. The molecule has 5 heterocycles. The van der Waals surface area contributed by atoms with Crippen molar-refractivity contribution in [3.05, 3.63) is 75.9 Å². The van der Waals surface area contributed by atoms with Crippen LogP contribution in [0.25, 0.3) is 28.1 Å². The highest BCUT2D eigenvalue weighted by molar-refractivity contribution is 6.34. The normalized spacial score (nSPS) is 17.6. The summed E-state index contributed by atoms with van der Waals surface area (Å²) in [5, 5.41) is 47.1. The van der Waals surface area contributed by atoms with E-state index in [2.05, 4.69) is 5.32 Å². The number of carboxylic acids is 4. The molecular weight excluding hydrogens is 1140 g/mol. The van der Waals surface area contributed by atoms with E-state index in [9.17, 15) is 58.8 Å². The topological polar surface area (TPSA) is 298 Å². The number of nitrogens with one attached hydrogen (secondary N) is 1. The molecule has 3 fully saturated rings. The fourth-order valence-corrected chi connectivity index (χ4v) is 11.6. The Morgan fingerprint density at radius 1 is 0.714 bits per heavy atom. The zero-order valence-electron chi connectivity index (χ0n) is 47.1. The van der Waals surface area contributed by atoms with E-state index in [4.69, 9.17) is 42.5 Å². The number of nitrogens with zero attached hydrogens (tertiary/aromatic N) is 9. The molecule has 0 atom stereocenters. The Morgan fingerprint density at radius 3 is 1.85 bits per heavy atom. The minimum Gasteiger partial charge on any atom is -0.496 e. The van der Waals surface area contributed by atoms with Gasteiger partial charge in [0.05, 0.1) is 63.4 Å². The number of aromatic nitrogens is 2. The molecule has 4 amide bonds. The molecule has 452 valence electrons. The molecule has 0 bridgehead atoms. The van der Waals surface area contributed by atoms with Crippen molar-refractivity contribution in [1.82, 2.24) is 44.1 Å². The fourth-order valence-electron chi connectivity index (χ4n) is 11.1. The summed E-state index contributed by atoms with van der Waals surface area (Å²) >= 11 is 13.0. The zero-order chi connectivity index (χ0) is 60.4. The minimum absolute atomic E-state index is 0.0190. The van der Waals surface area contributed by atoms with Gasteiger partial charge < -0.3 is 54.7 Å². The van der Waals surface area contributed by atoms with Crippen molar-refractivity contribution in [2.24, 2.45) is 0 Å². The number of hydrogen-bond donors (Lipinski definition) is 5. The number of fused-ring (bicyclic) bond motifs is 3. The van der Waals surface area contributed by atoms with E-state index in [1.807, 2.05) is 30.9 Å². The summed E-state index contributed by atoms with van der Waals surface area (Å²) in [5.41, 5.74) is 3.43. The number of benzene rings is 3. The van der Waals surface area contributed by atoms with Gasteiger partial charge in [-0.25, -0.2) is 4.68 Å². The van der Waals surface area contributed by atoms with Gasteiger partial charge in [0.15, 0.2) is 5.69 Å². The number of hydrogen-bond acceptors (Lipinski definition) is 16. The molecule has 3 saturated heterocycles. The van der Waals surface area contributed by atoms with Gasteiger partial charge in [-0.15, -0.1) is 0 Å². The highest BCUT2D eigenvalue weighted by Gasteiger charge is 2.40. The monoisotopic (exact) mass is 1200 g/mol. The van der Waals surface area contributed by atoms with E-state index in [1.165, 1.54) is 12.0 Å². The molecule has 27 heteroatoms. The van der Waals surface area contributed by atoms with E-state index in [0.29, 0.717) is 80.6 Å². The maximum Gasteiger partial charge on any atom is 0.323 e. The van der Waals surface area contributed by atoms with Crippen molar-refractivity contribution in [3.63, 3.8) is 0 Å². The SMILES string of the molecule is COc1cc2c(cc1-c1cccc(NC(=O)CCC(=O)N(CC(=O)O)C3CCN(C(=O)CN4CCN(CC(=O)O)CCN(CC(=O)O)CCN(CC(=O)O)CC4)CC3)c1)-c1c(c(C(=O)N3CCOCC3(C)C)nn1-c1cc(Cl)cc(Cl)c1)CO2. The average Bonchev–Trinajstić information content (AvgIpc) is 2.43. The van der Waals surface area contributed by atoms with E-state index in [-0.39, 0.29) is 141 Å². The second-order valence-electron chi connectivity index (χ2n) is 21.8. The number of piperidine rings is 1. The van der Waals surface area contributed by atoms with Gasteiger partial charge in [-0.2, -0.15) is 5.10 Å². The van der Waals surface area contributed by atoms with Crippen molar-refractivity contribution < 1.29 is 73.0 Å². The van der Waals surface area contributed by atoms with Gasteiger partial charge in [-0.05, 0) is 68.7 Å². The number of carboxylic acid groups (broad SMARTS) is 4. The molecule has 1 aromatic heterocycles. The van der Waals surface area contributed by atoms with Gasteiger partial charge in [-0.1, -0.05) is 35.3 Å². The zero-order valence-corrected chi connectivity index (χ0v) is 48.6. The molecule has 0 aliphatic carbocycles. The first-order valence-electron chi connectivity index (χ1n) is 27.6. The van der Waals surface area contributed by atoms with Gasteiger partial charge in [0.2, 0.25) is 17.7 Å². The van der Waals surface area contributed by atoms with E-state index >= 15 is 0 Å². The van der Waals surface area contributed by atoms with Crippen LogP contribution in [0.3, 0.4) is 0 Å². The maximum atomic E-state index is 14.5. The van der Waals surface area contributed by atoms with Gasteiger partial charge >= 0.3 is 23.9 Å². The first-order valence-corrected chi connectivity index (χ1v) is 28.4. The highest BCUT2D eigenvalue weighted by Crippen LogP contribution is 2.47. The van der Waals surface area contributed by atoms with Crippen LogP contribution in [-0.2, 0) is 44.9 Å². The summed E-state index contributed by atoms with van der Waals surface area (Å²) in [6.07, 6.45) is -0.0534. The first kappa shape index (κ1) is 62.7. The van der Waals surface area contributed by atoms with E-state index in [1.54, 1.807) is 71.6 Å². The van der Waals surface area contributed by atoms with Crippen molar-refractivity contribution in [1.29, 1.82) is 0 Å². The summed E-state index contributed by atoms with van der Waals surface area (Å²) in [6.45, 7) is 5.66. The molecule has 25 nitrogen and oxygen atoms in total. The number of morpholine rings is 1. The predicted octanol–water partition coefficient (Wildman–Crippen LogP) is 3.76. The Morgan fingerprint density at radius 2 is 1.30 bits per heavy atom. The molecule has 84 heavy (non-hydrogen) atoms. The molecule has 0 spiro atoms. The van der Waals surface area contributed by atoms with Crippen LogP contribution in [0.15, 0.2) is 54.6 Å². The fraction of sp³-hybridized carbons (Fsp3) is 0.491. The molecule has 0 saturated carbocycles. The smallest absolute Gasteiger partial charge is 0.323 e. The van der Waals surface area contributed by atoms with Crippen molar-refractivity contribution >= 4 is 76.4 Å². The van der Waals surface area contributed by atoms with Crippen LogP contribution < -0.4 is 14.8 Å². The van der Waals surface area contributed by atoms with Crippen LogP contribution in [0.5, 0.6) is 11.5 Å². The molecule has 4 aliphatic heterocycles. The van der Waals surface area contributed by atoms with Gasteiger partial charge in [0.1, 0.15) is 24.7 Å². The molecule has 0 radical (unpaired) electrons. The third kappa shape index (κ3) is 16.1. The average molecular weight is 1210 g/mol. The number of methoxy groups -OCH3 is 1. The van der Waals surface area contributed by atoms with Gasteiger partial charge in [0, 0.05) is 129 Å². The van der Waals surface area contributed by atoms with Crippen LogP contribution in [0, 0.1) is 0 Å². The standard InChI is InChI=1S/C57H70Cl2N10O15/c1-57(2)35-83-22-21-68(57)56(81)54-44-34-84-46-28-45(82-3)42(27-43(46)55(44)69(61-54)41-25-37(58)24-38(59)26-41)36-5-4-6-39(23-36)60-47(70)7-8-48(71)67(33-53(79)80)40-9-11-66(12-10-40)49(72)29-62-13-15-63(30-50(73)74)17-19-65(32-52(77)78)20-18-64(16-14-62)31-51(75)76/h4-6,23-28,40H,7-22,29-35H2,1-3H3,(H,60,70)(H,73,74)(H,75,76)(H,77,78)(H,79,80). The minimum atomic E-state index is -1.24. The molecule has 8 rings (SSSR count). The third-order valence-corrected chi connectivity index (χ3v) is 15.8. The Balaban J connectivity index is 0.921. The van der Waals surface area contributed by atoms with E-state index in [0.717, 1.165) is 0 Å². The van der Waals surface area contributed by atoms with Crippen molar-refractivity contribution in [2.75, 3.05) is 130 Å². The van der Waals surface area contributed by atoms with Crippen molar-refractivity contribution in [3.8, 4) is 39.6 Å². The van der Waals surface area contributed by atoms with Crippen LogP contribution in [-0.4, -0.2) is 249 Å². The van der Waals surface area contributed by atoms with Crippen molar-refractivity contribution in [2.45, 2.75) is 57.7 Å². The number of anilines is 1.